The lowest BCUT2D eigenvalue weighted by Gasteiger charge is -2.30. The van der Waals surface area contributed by atoms with Gasteiger partial charge in [0.15, 0.2) is 0 Å². The van der Waals surface area contributed by atoms with Crippen LogP contribution in [0, 0.1) is 5.92 Å². The number of hydrogen-bond donors (Lipinski definition) is 1. The average Bonchev–Trinajstić information content (AvgIpc) is 3.32. The first-order valence-corrected chi connectivity index (χ1v) is 13.9. The number of pyridine rings is 1. The predicted molar refractivity (Wildman–Crippen MR) is 136 cm³/mol. The fourth-order valence-corrected chi connectivity index (χ4v) is 6.32. The van der Waals surface area contributed by atoms with Gasteiger partial charge in [0.1, 0.15) is 5.75 Å². The van der Waals surface area contributed by atoms with Crippen LogP contribution in [0.4, 0.5) is 5.69 Å². The third-order valence-electron chi connectivity index (χ3n) is 6.82. The molecule has 0 amide bonds. The van der Waals surface area contributed by atoms with Crippen molar-refractivity contribution in [3.05, 3.63) is 51.4 Å². The van der Waals surface area contributed by atoms with Crippen molar-refractivity contribution in [2.45, 2.75) is 57.3 Å². The highest BCUT2D eigenvalue weighted by Gasteiger charge is 2.31. The topological polar surface area (TPSA) is 101 Å². The van der Waals surface area contributed by atoms with E-state index in [9.17, 15) is 18.3 Å². The van der Waals surface area contributed by atoms with Crippen molar-refractivity contribution in [2.75, 3.05) is 26.3 Å². The maximum Gasteiger partial charge on any atom is 0.256 e. The SMILES string of the molecule is CCCOc1ccc(S(=O)(=O)N2CCC(CO)CC2)cc1C1=Nc2c(CCC)cn(C)c(=O)c2C1. The van der Waals surface area contributed by atoms with E-state index in [4.69, 9.17) is 9.73 Å². The molecular weight excluding hydrogens is 466 g/mol. The van der Waals surface area contributed by atoms with Crippen molar-refractivity contribution in [2.24, 2.45) is 18.0 Å². The molecule has 0 bridgehead atoms. The number of rotatable bonds is 9. The van der Waals surface area contributed by atoms with Crippen LogP contribution in [0.5, 0.6) is 5.75 Å². The molecule has 2 aliphatic heterocycles. The van der Waals surface area contributed by atoms with Crippen LogP contribution in [0.15, 0.2) is 39.1 Å². The number of aliphatic hydroxyl groups is 1. The molecule has 35 heavy (non-hydrogen) atoms. The lowest BCUT2D eigenvalue weighted by molar-refractivity contribution is 0.170. The summed E-state index contributed by atoms with van der Waals surface area (Å²) < 4.78 is 36.0. The summed E-state index contributed by atoms with van der Waals surface area (Å²) in [6.07, 6.45) is 6.03. The van der Waals surface area contributed by atoms with Crippen LogP contribution < -0.4 is 10.3 Å². The van der Waals surface area contributed by atoms with Crippen LogP contribution in [-0.2, 0) is 29.9 Å². The molecule has 1 aromatic carbocycles. The molecule has 0 saturated carbocycles. The minimum Gasteiger partial charge on any atom is -0.493 e. The Morgan fingerprint density at radius 1 is 1.17 bits per heavy atom. The number of benzene rings is 1. The maximum absolute atomic E-state index is 13.5. The quantitative estimate of drug-likeness (QED) is 0.569. The van der Waals surface area contributed by atoms with Gasteiger partial charge >= 0.3 is 0 Å². The Morgan fingerprint density at radius 3 is 2.57 bits per heavy atom. The summed E-state index contributed by atoms with van der Waals surface area (Å²) >= 11 is 0. The van der Waals surface area contributed by atoms with Gasteiger partial charge in [-0.15, -0.1) is 0 Å². The Bertz CT molecular complexity index is 1270. The van der Waals surface area contributed by atoms with Gasteiger partial charge in [-0.2, -0.15) is 4.31 Å². The van der Waals surface area contributed by atoms with E-state index >= 15 is 0 Å². The number of aliphatic imine (C=N–C) groups is 1. The number of aliphatic hydroxyl groups excluding tert-OH is 1. The third-order valence-corrected chi connectivity index (χ3v) is 8.72. The molecule has 0 unspecified atom stereocenters. The number of fused-ring (bicyclic) bond motifs is 1. The number of nitrogens with zero attached hydrogens (tertiary/aromatic N) is 3. The summed E-state index contributed by atoms with van der Waals surface area (Å²) in [6, 6.07) is 4.94. The monoisotopic (exact) mass is 501 g/mol. The molecule has 1 fully saturated rings. The zero-order valence-electron chi connectivity index (χ0n) is 20.8. The predicted octanol–water partition coefficient (Wildman–Crippen LogP) is 3.20. The highest BCUT2D eigenvalue weighted by atomic mass is 32.2. The Morgan fingerprint density at radius 2 is 1.91 bits per heavy atom. The fourth-order valence-electron chi connectivity index (χ4n) is 4.82. The second-order valence-electron chi connectivity index (χ2n) is 9.42. The number of aromatic nitrogens is 1. The van der Waals surface area contributed by atoms with Crippen molar-refractivity contribution in [1.82, 2.24) is 8.87 Å². The largest absolute Gasteiger partial charge is 0.493 e. The molecule has 2 aliphatic rings. The van der Waals surface area contributed by atoms with Crippen molar-refractivity contribution in [3.63, 3.8) is 0 Å². The van der Waals surface area contributed by atoms with Gasteiger partial charge in [-0.25, -0.2) is 8.42 Å². The first-order valence-electron chi connectivity index (χ1n) is 12.5. The number of sulfonamides is 1. The number of hydrogen-bond acceptors (Lipinski definition) is 6. The highest BCUT2D eigenvalue weighted by molar-refractivity contribution is 7.89. The van der Waals surface area contributed by atoms with E-state index in [1.807, 2.05) is 13.1 Å². The van der Waals surface area contributed by atoms with Crippen LogP contribution >= 0.6 is 0 Å². The van der Waals surface area contributed by atoms with E-state index in [0.29, 0.717) is 67.2 Å². The number of piperidine rings is 1. The van der Waals surface area contributed by atoms with Crippen LogP contribution in [-0.4, -0.2) is 54.4 Å². The highest BCUT2D eigenvalue weighted by Crippen LogP contribution is 2.35. The zero-order chi connectivity index (χ0) is 25.2. The van der Waals surface area contributed by atoms with E-state index in [-0.39, 0.29) is 23.0 Å². The summed E-state index contributed by atoms with van der Waals surface area (Å²) in [7, 11) is -1.95. The molecule has 9 heteroatoms. The molecule has 0 aliphatic carbocycles. The van der Waals surface area contributed by atoms with Crippen LogP contribution in [0.3, 0.4) is 0 Å². The molecule has 1 N–H and O–H groups in total. The summed E-state index contributed by atoms with van der Waals surface area (Å²) in [4.78, 5) is 17.9. The molecule has 0 atom stereocenters. The van der Waals surface area contributed by atoms with E-state index in [0.717, 1.165) is 24.8 Å². The Kier molecular flexibility index (Phi) is 7.78. The lowest BCUT2D eigenvalue weighted by Crippen LogP contribution is -2.39. The molecule has 2 aromatic rings. The molecule has 3 heterocycles. The minimum atomic E-state index is -3.71. The van der Waals surface area contributed by atoms with E-state index < -0.39 is 10.0 Å². The van der Waals surface area contributed by atoms with Crippen molar-refractivity contribution < 1.29 is 18.3 Å². The van der Waals surface area contributed by atoms with Gasteiger partial charge < -0.3 is 14.4 Å². The van der Waals surface area contributed by atoms with Gasteiger partial charge in [0, 0.05) is 50.5 Å². The summed E-state index contributed by atoms with van der Waals surface area (Å²) in [5.74, 6) is 0.721. The van der Waals surface area contributed by atoms with Gasteiger partial charge in [0.2, 0.25) is 10.0 Å². The molecule has 1 saturated heterocycles. The maximum atomic E-state index is 13.5. The molecule has 0 radical (unpaired) electrons. The standard InChI is InChI=1S/C26H35N3O5S/c1-4-6-19-16-28(3)26(31)22-15-23(27-25(19)22)21-14-20(7-8-24(21)34-13-5-2)35(32,33)29-11-9-18(17-30)10-12-29/h7-8,14,16,18,30H,4-6,9-13,15,17H2,1-3H3. The molecule has 4 rings (SSSR count). The van der Waals surface area contributed by atoms with Crippen LogP contribution in [0.25, 0.3) is 0 Å². The fraction of sp³-hybridized carbons (Fsp3) is 0.538. The molecule has 8 nitrogen and oxygen atoms in total. The second kappa shape index (κ2) is 10.6. The zero-order valence-corrected chi connectivity index (χ0v) is 21.6. The van der Waals surface area contributed by atoms with E-state index in [1.54, 1.807) is 29.8 Å². The van der Waals surface area contributed by atoms with Gasteiger partial charge in [0.25, 0.3) is 5.56 Å². The third kappa shape index (κ3) is 5.08. The smallest absolute Gasteiger partial charge is 0.256 e. The molecule has 1 aromatic heterocycles. The first-order chi connectivity index (χ1) is 16.8. The van der Waals surface area contributed by atoms with Crippen molar-refractivity contribution in [3.8, 4) is 5.75 Å². The number of aryl methyl sites for hydroxylation is 2. The Hall–Kier alpha value is -2.49. The van der Waals surface area contributed by atoms with Crippen molar-refractivity contribution >= 4 is 21.4 Å². The lowest BCUT2D eigenvalue weighted by atomic mass is 10.00. The van der Waals surface area contributed by atoms with Crippen LogP contribution in [0.2, 0.25) is 0 Å². The Balaban J connectivity index is 1.74. The summed E-state index contributed by atoms with van der Waals surface area (Å²) in [5.41, 5.74) is 3.57. The van der Waals surface area contributed by atoms with Gasteiger partial charge in [0.05, 0.1) is 22.9 Å². The van der Waals surface area contributed by atoms with Crippen molar-refractivity contribution in [1.29, 1.82) is 0 Å². The Labute approximate surface area is 207 Å². The summed E-state index contributed by atoms with van der Waals surface area (Å²) in [6.45, 7) is 5.46. The summed E-state index contributed by atoms with van der Waals surface area (Å²) in [5, 5.41) is 9.40. The molecule has 0 spiro atoms. The minimum absolute atomic E-state index is 0.0786. The normalized spacial score (nSPS) is 16.9. The second-order valence-corrected chi connectivity index (χ2v) is 11.4. The first kappa shape index (κ1) is 25.6. The van der Waals surface area contributed by atoms with Crippen LogP contribution in [0.1, 0.15) is 56.2 Å². The van der Waals surface area contributed by atoms with E-state index in [2.05, 4.69) is 6.92 Å². The van der Waals surface area contributed by atoms with E-state index in [1.165, 1.54) is 4.31 Å². The average molecular weight is 502 g/mol. The molecule has 190 valence electrons. The molecular formula is C26H35N3O5S. The number of ether oxygens (including phenoxy) is 1. The van der Waals surface area contributed by atoms with Gasteiger partial charge in [-0.1, -0.05) is 20.3 Å². The van der Waals surface area contributed by atoms with Gasteiger partial charge in [-0.3, -0.25) is 9.79 Å². The van der Waals surface area contributed by atoms with Gasteiger partial charge in [-0.05, 0) is 55.4 Å².